The van der Waals surface area contributed by atoms with Crippen molar-refractivity contribution in [1.29, 1.82) is 0 Å². The topological polar surface area (TPSA) is 68.1 Å². The molecule has 1 heterocycles. The maximum atomic E-state index is 11.4. The summed E-state index contributed by atoms with van der Waals surface area (Å²) in [7, 11) is 1.38. The van der Waals surface area contributed by atoms with Crippen LogP contribution in [-0.4, -0.2) is 24.6 Å². The maximum Gasteiger partial charge on any atom is 0.337 e. The van der Waals surface area contributed by atoms with Gasteiger partial charge < -0.3 is 15.5 Å². The lowest BCUT2D eigenvalue weighted by Crippen LogP contribution is -2.03. The summed E-state index contributed by atoms with van der Waals surface area (Å²) < 4.78 is 4.69. The number of halogens is 1. The first-order chi connectivity index (χ1) is 7.76. The van der Waals surface area contributed by atoms with Crippen LogP contribution >= 0.6 is 12.4 Å². The largest absolute Gasteiger partial charge is 0.465 e. The van der Waals surface area contributed by atoms with Crippen molar-refractivity contribution in [3.63, 3.8) is 0 Å². The Labute approximate surface area is 106 Å². The van der Waals surface area contributed by atoms with E-state index in [1.54, 1.807) is 6.07 Å². The summed E-state index contributed by atoms with van der Waals surface area (Å²) in [6, 6.07) is 5.46. The van der Waals surface area contributed by atoms with Crippen LogP contribution in [0.3, 0.4) is 0 Å². The van der Waals surface area contributed by atoms with E-state index >= 15 is 0 Å². The minimum Gasteiger partial charge on any atom is -0.465 e. The fourth-order valence-electron chi connectivity index (χ4n) is 1.79. The first-order valence-electron chi connectivity index (χ1n) is 5.14. The number of benzene rings is 1. The molecule has 5 heteroatoms. The monoisotopic (exact) mass is 254 g/mol. The molecule has 0 saturated heterocycles. The molecule has 0 aliphatic heterocycles. The summed E-state index contributed by atoms with van der Waals surface area (Å²) in [5.74, 6) is -0.318. The zero-order valence-corrected chi connectivity index (χ0v) is 10.3. The van der Waals surface area contributed by atoms with Crippen LogP contribution in [0.2, 0.25) is 0 Å². The van der Waals surface area contributed by atoms with Gasteiger partial charge in [-0.1, -0.05) is 0 Å². The summed E-state index contributed by atoms with van der Waals surface area (Å²) in [5, 5.41) is 1.04. The van der Waals surface area contributed by atoms with Gasteiger partial charge in [-0.05, 0) is 36.7 Å². The van der Waals surface area contributed by atoms with Gasteiger partial charge in [0.25, 0.3) is 0 Å². The number of fused-ring (bicyclic) bond motifs is 1. The number of nitrogens with two attached hydrogens (primary N) is 1. The Morgan fingerprint density at radius 3 is 2.88 bits per heavy atom. The zero-order chi connectivity index (χ0) is 11.5. The molecule has 0 aliphatic carbocycles. The molecule has 0 saturated carbocycles. The van der Waals surface area contributed by atoms with Gasteiger partial charge in [0.2, 0.25) is 0 Å². The third-order valence-corrected chi connectivity index (χ3v) is 2.60. The molecule has 4 nitrogen and oxygen atoms in total. The van der Waals surface area contributed by atoms with Gasteiger partial charge in [0, 0.05) is 17.1 Å². The second kappa shape index (κ2) is 5.70. The van der Waals surface area contributed by atoms with Crippen LogP contribution < -0.4 is 5.73 Å². The van der Waals surface area contributed by atoms with Crippen molar-refractivity contribution in [3.05, 3.63) is 35.5 Å². The van der Waals surface area contributed by atoms with Crippen molar-refractivity contribution in [1.82, 2.24) is 4.98 Å². The molecule has 0 bridgehead atoms. The molecule has 0 radical (unpaired) electrons. The van der Waals surface area contributed by atoms with Gasteiger partial charge >= 0.3 is 5.97 Å². The molecule has 2 aromatic rings. The van der Waals surface area contributed by atoms with E-state index in [1.165, 1.54) is 7.11 Å². The third-order valence-electron chi connectivity index (χ3n) is 2.60. The van der Waals surface area contributed by atoms with E-state index in [9.17, 15) is 4.79 Å². The lowest BCUT2D eigenvalue weighted by molar-refractivity contribution is 0.0601. The number of aromatic amines is 1. The number of hydrogen-bond acceptors (Lipinski definition) is 3. The molecule has 1 aromatic carbocycles. The molecule has 0 spiro atoms. The van der Waals surface area contributed by atoms with E-state index in [-0.39, 0.29) is 18.4 Å². The standard InChI is InChI=1S/C12H14N2O2.ClH/c1-16-12(15)8-2-3-11-10(6-8)9(4-5-13)7-14-11;/h2-3,6-7,14H,4-5,13H2,1H3;1H. The van der Waals surface area contributed by atoms with Crippen LogP contribution in [0.5, 0.6) is 0 Å². The predicted molar refractivity (Wildman–Crippen MR) is 69.6 cm³/mol. The highest BCUT2D eigenvalue weighted by molar-refractivity contribution is 5.95. The number of methoxy groups -OCH3 is 1. The van der Waals surface area contributed by atoms with Crippen LogP contribution in [0.25, 0.3) is 10.9 Å². The van der Waals surface area contributed by atoms with Crippen molar-refractivity contribution < 1.29 is 9.53 Å². The fourth-order valence-corrected chi connectivity index (χ4v) is 1.79. The Kier molecular flexibility index (Phi) is 4.54. The molecule has 2 rings (SSSR count). The van der Waals surface area contributed by atoms with Crippen molar-refractivity contribution in [2.75, 3.05) is 13.7 Å². The van der Waals surface area contributed by atoms with E-state index in [1.807, 2.05) is 18.3 Å². The zero-order valence-electron chi connectivity index (χ0n) is 9.53. The molecule has 0 fully saturated rings. The average molecular weight is 255 g/mol. The summed E-state index contributed by atoms with van der Waals surface area (Å²) >= 11 is 0. The number of H-pyrrole nitrogens is 1. The lowest BCUT2D eigenvalue weighted by atomic mass is 10.1. The van der Waals surface area contributed by atoms with Crippen molar-refractivity contribution in [3.8, 4) is 0 Å². The SMILES string of the molecule is COC(=O)c1ccc2[nH]cc(CCN)c2c1.Cl. The van der Waals surface area contributed by atoms with Crippen LogP contribution in [0.4, 0.5) is 0 Å². The van der Waals surface area contributed by atoms with E-state index in [2.05, 4.69) is 9.72 Å². The van der Waals surface area contributed by atoms with Gasteiger partial charge in [-0.2, -0.15) is 0 Å². The van der Waals surface area contributed by atoms with Gasteiger partial charge in [-0.25, -0.2) is 4.79 Å². The lowest BCUT2D eigenvalue weighted by Gasteiger charge is -2.00. The van der Waals surface area contributed by atoms with E-state index < -0.39 is 0 Å². The van der Waals surface area contributed by atoms with Gasteiger partial charge in [0.15, 0.2) is 0 Å². The van der Waals surface area contributed by atoms with Gasteiger partial charge in [0.05, 0.1) is 12.7 Å². The molecule has 1 aromatic heterocycles. The van der Waals surface area contributed by atoms with E-state index in [4.69, 9.17) is 5.73 Å². The van der Waals surface area contributed by atoms with Crippen molar-refractivity contribution in [2.24, 2.45) is 5.73 Å². The Morgan fingerprint density at radius 1 is 1.47 bits per heavy atom. The van der Waals surface area contributed by atoms with Crippen molar-refractivity contribution >= 4 is 29.3 Å². The summed E-state index contributed by atoms with van der Waals surface area (Å²) in [5.41, 5.74) is 8.23. The minimum absolute atomic E-state index is 0. The highest BCUT2D eigenvalue weighted by atomic mass is 35.5. The molecular weight excluding hydrogens is 240 g/mol. The molecule has 0 unspecified atom stereocenters. The van der Waals surface area contributed by atoms with Crippen LogP contribution in [0.1, 0.15) is 15.9 Å². The number of ether oxygens (including phenoxy) is 1. The minimum atomic E-state index is -0.318. The Balaban J connectivity index is 0.00000144. The first-order valence-corrected chi connectivity index (χ1v) is 5.14. The van der Waals surface area contributed by atoms with E-state index in [0.717, 1.165) is 22.9 Å². The average Bonchev–Trinajstić information content (AvgIpc) is 2.71. The highest BCUT2D eigenvalue weighted by Crippen LogP contribution is 2.20. The Bertz CT molecular complexity index is 522. The molecule has 0 atom stereocenters. The number of hydrogen-bond donors (Lipinski definition) is 2. The Morgan fingerprint density at radius 2 is 2.24 bits per heavy atom. The second-order valence-corrected chi connectivity index (χ2v) is 3.60. The van der Waals surface area contributed by atoms with Gasteiger partial charge in [-0.15, -0.1) is 12.4 Å². The number of nitrogens with one attached hydrogen (secondary N) is 1. The number of carbonyl (C=O) groups excluding carboxylic acids is 1. The summed E-state index contributed by atoms with van der Waals surface area (Å²) in [4.78, 5) is 14.5. The summed E-state index contributed by atoms with van der Waals surface area (Å²) in [6.07, 6.45) is 2.73. The van der Waals surface area contributed by atoms with Gasteiger partial charge in [0.1, 0.15) is 0 Å². The predicted octanol–water partition coefficient (Wildman–Crippen LogP) is 1.88. The van der Waals surface area contributed by atoms with Crippen LogP contribution in [0.15, 0.2) is 24.4 Å². The number of esters is 1. The van der Waals surface area contributed by atoms with E-state index in [0.29, 0.717) is 12.1 Å². The third kappa shape index (κ3) is 2.60. The Hall–Kier alpha value is -1.52. The fraction of sp³-hybridized carbons (Fsp3) is 0.250. The summed E-state index contributed by atoms with van der Waals surface area (Å²) in [6.45, 7) is 0.593. The quantitative estimate of drug-likeness (QED) is 0.822. The molecule has 17 heavy (non-hydrogen) atoms. The molecule has 0 amide bonds. The second-order valence-electron chi connectivity index (χ2n) is 3.60. The van der Waals surface area contributed by atoms with Crippen molar-refractivity contribution in [2.45, 2.75) is 6.42 Å². The number of aromatic nitrogens is 1. The van der Waals surface area contributed by atoms with Crippen LogP contribution in [0, 0.1) is 0 Å². The first kappa shape index (κ1) is 13.5. The van der Waals surface area contributed by atoms with Crippen LogP contribution in [-0.2, 0) is 11.2 Å². The molecule has 0 aliphatic rings. The highest BCUT2D eigenvalue weighted by Gasteiger charge is 2.08. The smallest absolute Gasteiger partial charge is 0.337 e. The normalized spacial score (nSPS) is 10.0. The molecular formula is C12H15ClN2O2. The molecule has 3 N–H and O–H groups in total. The molecule has 92 valence electrons. The number of carbonyl (C=O) groups is 1. The van der Waals surface area contributed by atoms with Gasteiger partial charge in [-0.3, -0.25) is 0 Å². The maximum absolute atomic E-state index is 11.4. The number of rotatable bonds is 3.